The number of aromatic nitrogens is 4. The smallest absolute Gasteiger partial charge is 0.343 e. The van der Waals surface area contributed by atoms with Crippen LogP contribution in [0.15, 0.2) is 35.6 Å². The third-order valence-electron chi connectivity index (χ3n) is 3.16. The summed E-state index contributed by atoms with van der Waals surface area (Å²) in [5.74, 6) is 0.636. The number of rotatable bonds is 5. The largest absolute Gasteiger partial charge is 0.462 e. The van der Waals surface area contributed by atoms with E-state index in [-0.39, 0.29) is 18.0 Å². The molecule has 1 aromatic carbocycles. The van der Waals surface area contributed by atoms with Gasteiger partial charge in [-0.3, -0.25) is 0 Å². The number of fused-ring (bicyclic) bond motifs is 1. The second-order valence-corrected chi connectivity index (χ2v) is 6.18. The molecule has 0 aliphatic heterocycles. The van der Waals surface area contributed by atoms with Gasteiger partial charge in [-0.05, 0) is 24.6 Å². The van der Waals surface area contributed by atoms with Crippen LogP contribution in [0.1, 0.15) is 22.8 Å². The lowest BCUT2D eigenvalue weighted by atomic mass is 10.2. The molecule has 0 fully saturated rings. The number of nitrogens with two attached hydrogens (primary N) is 1. The second kappa shape index (κ2) is 7.06. The molecule has 2 N–H and O–H groups in total. The number of nitrogens with zero attached hydrogens (tertiary/aromatic N) is 4. The van der Waals surface area contributed by atoms with E-state index in [2.05, 4.69) is 15.1 Å². The number of anilines is 1. The molecule has 7 nitrogen and oxygen atoms in total. The van der Waals surface area contributed by atoms with E-state index in [0.29, 0.717) is 21.7 Å². The van der Waals surface area contributed by atoms with Gasteiger partial charge in [-0.1, -0.05) is 35.5 Å². The van der Waals surface area contributed by atoms with Gasteiger partial charge in [-0.25, -0.2) is 9.78 Å². The molecule has 0 amide bonds. The second-order valence-electron chi connectivity index (χ2n) is 4.80. The van der Waals surface area contributed by atoms with Crippen LogP contribution in [0.4, 0.5) is 5.82 Å². The zero-order valence-electron chi connectivity index (χ0n) is 12.8. The van der Waals surface area contributed by atoms with Crippen molar-refractivity contribution >= 4 is 40.9 Å². The highest BCUT2D eigenvalue weighted by Crippen LogP contribution is 2.22. The first-order valence-corrected chi connectivity index (χ1v) is 8.50. The molecule has 0 bridgehead atoms. The van der Waals surface area contributed by atoms with E-state index < -0.39 is 5.97 Å². The molecule has 0 aliphatic carbocycles. The Kier molecular flexibility index (Phi) is 4.86. The fraction of sp³-hybridized carbons (Fsp3) is 0.200. The molecule has 2 aromatic heterocycles. The lowest BCUT2D eigenvalue weighted by molar-refractivity contribution is 0.0526. The van der Waals surface area contributed by atoms with Crippen molar-refractivity contribution in [3.05, 3.63) is 46.6 Å². The zero-order chi connectivity index (χ0) is 17.1. The lowest BCUT2D eigenvalue weighted by Gasteiger charge is -2.04. The van der Waals surface area contributed by atoms with Gasteiger partial charge < -0.3 is 10.5 Å². The molecule has 24 heavy (non-hydrogen) atoms. The van der Waals surface area contributed by atoms with Crippen LogP contribution in [0.25, 0.3) is 5.78 Å². The number of carbonyl (C=O) groups excluding carboxylic acids is 1. The minimum Gasteiger partial charge on any atom is -0.462 e. The maximum absolute atomic E-state index is 11.8. The first-order chi connectivity index (χ1) is 11.6. The molecule has 0 saturated heterocycles. The van der Waals surface area contributed by atoms with Crippen LogP contribution in [0.5, 0.6) is 0 Å². The Balaban J connectivity index is 1.81. The van der Waals surface area contributed by atoms with E-state index in [4.69, 9.17) is 22.1 Å². The van der Waals surface area contributed by atoms with Gasteiger partial charge in [0.1, 0.15) is 11.4 Å². The Bertz CT molecular complexity index is 881. The SMILES string of the molecule is CCOC(=O)c1cnc2nc(SCc3ccc(Cl)cc3)nn2c1N. The number of nitrogen functional groups attached to an aromatic ring is 1. The first kappa shape index (κ1) is 16.5. The summed E-state index contributed by atoms with van der Waals surface area (Å²) in [5, 5.41) is 5.51. The summed E-state index contributed by atoms with van der Waals surface area (Å²) in [7, 11) is 0. The van der Waals surface area contributed by atoms with Crippen molar-refractivity contribution < 1.29 is 9.53 Å². The minimum atomic E-state index is -0.532. The maximum atomic E-state index is 11.8. The van der Waals surface area contributed by atoms with Gasteiger partial charge in [0.2, 0.25) is 5.16 Å². The minimum absolute atomic E-state index is 0.157. The van der Waals surface area contributed by atoms with E-state index in [0.717, 1.165) is 5.56 Å². The molecule has 0 aliphatic rings. The average molecular weight is 364 g/mol. The molecule has 0 spiro atoms. The molecule has 0 atom stereocenters. The van der Waals surface area contributed by atoms with Crippen LogP contribution in [-0.2, 0) is 10.5 Å². The maximum Gasteiger partial charge on any atom is 0.343 e. The topological polar surface area (TPSA) is 95.4 Å². The quantitative estimate of drug-likeness (QED) is 0.550. The molecule has 124 valence electrons. The number of esters is 1. The molecule has 2 heterocycles. The third kappa shape index (κ3) is 3.44. The normalized spacial score (nSPS) is 10.9. The van der Waals surface area contributed by atoms with Crippen molar-refractivity contribution in [3.8, 4) is 0 Å². The third-order valence-corrected chi connectivity index (χ3v) is 4.32. The van der Waals surface area contributed by atoms with E-state index in [9.17, 15) is 4.79 Å². The van der Waals surface area contributed by atoms with Crippen LogP contribution >= 0.6 is 23.4 Å². The van der Waals surface area contributed by atoms with Crippen molar-refractivity contribution in [1.29, 1.82) is 0 Å². The zero-order valence-corrected chi connectivity index (χ0v) is 14.3. The summed E-state index contributed by atoms with van der Waals surface area (Å²) < 4.78 is 6.29. The van der Waals surface area contributed by atoms with Gasteiger partial charge in [0.25, 0.3) is 5.78 Å². The summed E-state index contributed by atoms with van der Waals surface area (Å²) in [4.78, 5) is 20.2. The number of hydrogen-bond donors (Lipinski definition) is 1. The molecule has 9 heteroatoms. The molecular weight excluding hydrogens is 350 g/mol. The molecule has 0 radical (unpaired) electrons. The number of thioether (sulfide) groups is 1. The first-order valence-electron chi connectivity index (χ1n) is 7.14. The van der Waals surface area contributed by atoms with Gasteiger partial charge in [0.05, 0.1) is 6.61 Å². The van der Waals surface area contributed by atoms with Crippen molar-refractivity contribution in [2.45, 2.75) is 17.8 Å². The Morgan fingerprint density at radius 3 is 2.83 bits per heavy atom. The molecule has 3 aromatic rings. The Morgan fingerprint density at radius 1 is 1.38 bits per heavy atom. The van der Waals surface area contributed by atoms with E-state index in [1.165, 1.54) is 22.5 Å². The molecule has 3 rings (SSSR count). The van der Waals surface area contributed by atoms with Gasteiger partial charge in [0, 0.05) is 17.0 Å². The summed E-state index contributed by atoms with van der Waals surface area (Å²) in [6.07, 6.45) is 1.35. The van der Waals surface area contributed by atoms with E-state index >= 15 is 0 Å². The van der Waals surface area contributed by atoms with Gasteiger partial charge in [-0.15, -0.1) is 5.10 Å². The highest BCUT2D eigenvalue weighted by Gasteiger charge is 2.17. The standard InChI is InChI=1S/C15H14ClN5O2S/c1-2-23-13(22)11-7-18-14-19-15(20-21(14)12(11)17)24-8-9-3-5-10(16)6-4-9/h3-7H,2,8,17H2,1H3. The predicted octanol–water partition coefficient (Wildman–Crippen LogP) is 2.83. The molecular formula is C15H14ClN5O2S. The van der Waals surface area contributed by atoms with Crippen molar-refractivity contribution in [1.82, 2.24) is 19.6 Å². The Labute approximate surface area is 147 Å². The van der Waals surface area contributed by atoms with Crippen LogP contribution < -0.4 is 5.73 Å². The van der Waals surface area contributed by atoms with E-state index in [1.54, 1.807) is 6.92 Å². The highest BCUT2D eigenvalue weighted by molar-refractivity contribution is 7.98. The summed E-state index contributed by atoms with van der Waals surface area (Å²) in [5.41, 5.74) is 7.25. The summed E-state index contributed by atoms with van der Waals surface area (Å²) >= 11 is 7.31. The van der Waals surface area contributed by atoms with Crippen molar-refractivity contribution in [3.63, 3.8) is 0 Å². The fourth-order valence-electron chi connectivity index (χ4n) is 1.99. The van der Waals surface area contributed by atoms with Crippen molar-refractivity contribution in [2.24, 2.45) is 0 Å². The number of carbonyl (C=O) groups is 1. The van der Waals surface area contributed by atoms with Crippen LogP contribution in [0, 0.1) is 0 Å². The number of hydrogen-bond acceptors (Lipinski definition) is 7. The molecule has 0 saturated carbocycles. The Morgan fingerprint density at radius 2 is 2.12 bits per heavy atom. The number of halogens is 1. The lowest BCUT2D eigenvalue weighted by Crippen LogP contribution is -2.12. The van der Waals surface area contributed by atoms with Gasteiger partial charge in [-0.2, -0.15) is 9.50 Å². The van der Waals surface area contributed by atoms with Gasteiger partial charge >= 0.3 is 5.97 Å². The van der Waals surface area contributed by atoms with E-state index in [1.807, 2.05) is 24.3 Å². The Hall–Kier alpha value is -2.32. The van der Waals surface area contributed by atoms with Crippen molar-refractivity contribution in [2.75, 3.05) is 12.3 Å². The average Bonchev–Trinajstić information content (AvgIpc) is 2.99. The van der Waals surface area contributed by atoms with Crippen LogP contribution in [0.2, 0.25) is 5.02 Å². The molecule has 0 unspecified atom stereocenters. The fourth-order valence-corrected chi connectivity index (χ4v) is 2.89. The number of ether oxygens (including phenoxy) is 1. The van der Waals surface area contributed by atoms with Crippen LogP contribution in [0.3, 0.4) is 0 Å². The van der Waals surface area contributed by atoms with Gasteiger partial charge in [0.15, 0.2) is 0 Å². The highest BCUT2D eigenvalue weighted by atomic mass is 35.5. The monoisotopic (exact) mass is 363 g/mol. The summed E-state index contributed by atoms with van der Waals surface area (Å²) in [6.45, 7) is 1.98. The number of benzene rings is 1. The summed E-state index contributed by atoms with van der Waals surface area (Å²) in [6, 6.07) is 7.55. The van der Waals surface area contributed by atoms with Crippen LogP contribution in [-0.4, -0.2) is 32.2 Å². The predicted molar refractivity (Wildman–Crippen MR) is 92.2 cm³/mol.